The summed E-state index contributed by atoms with van der Waals surface area (Å²) >= 11 is 12.5. The number of allylic oxidation sites excluding steroid dienone is 2. The summed E-state index contributed by atoms with van der Waals surface area (Å²) in [6.07, 6.45) is 5.14. The summed E-state index contributed by atoms with van der Waals surface area (Å²) < 4.78 is -0.532. The number of hydrogen-bond donors (Lipinski definition) is 0. The molecule has 0 aromatic heterocycles. The number of hydrogen-bond acceptors (Lipinski definition) is 1. The van der Waals surface area contributed by atoms with Gasteiger partial charge in [0.1, 0.15) is 0 Å². The maximum Gasteiger partial charge on any atom is 0.0668 e. The minimum absolute atomic E-state index is 0. The van der Waals surface area contributed by atoms with Crippen LogP contribution in [0.1, 0.15) is 6.42 Å². The normalized spacial score (nSPS) is 31.0. The summed E-state index contributed by atoms with van der Waals surface area (Å²) in [5, 5.41) is -0.209. The van der Waals surface area contributed by atoms with Crippen molar-refractivity contribution >= 4 is 37.8 Å². The number of carbonyl (C=O) groups excluding carboxylic acids is 1. The van der Waals surface area contributed by atoms with E-state index in [0.717, 1.165) is 0 Å². The molecule has 2 nitrogen and oxygen atoms in total. The van der Waals surface area contributed by atoms with E-state index in [0.29, 0.717) is 12.8 Å². The Morgan fingerprint density at radius 2 is 2.21 bits per heavy atom. The first kappa shape index (κ1) is 14.7. The molecule has 0 aromatic rings. The predicted molar refractivity (Wildman–Crippen MR) is 58.9 cm³/mol. The molecule has 0 aliphatic heterocycles. The molecule has 0 aromatic carbocycles. The Labute approximate surface area is 110 Å². The Balaban J connectivity index is 0.00000169. The zero-order valence-electron chi connectivity index (χ0n) is 8.13. The largest absolute Gasteiger partial charge is 0.658 e. The van der Waals surface area contributed by atoms with Crippen LogP contribution in [0.3, 0.4) is 0 Å². The molecule has 78 valence electrons. The van der Waals surface area contributed by atoms with Gasteiger partial charge in [0.2, 0.25) is 0 Å². The Kier molecular flexibility index (Phi) is 5.44. The number of amides is 1. The minimum Gasteiger partial charge on any atom is -0.658 e. The van der Waals surface area contributed by atoms with Crippen molar-refractivity contribution in [3.05, 3.63) is 17.1 Å². The third-order valence-electron chi connectivity index (χ3n) is 2.55. The van der Waals surface area contributed by atoms with Gasteiger partial charge in [-0.3, -0.25) is 0 Å². The van der Waals surface area contributed by atoms with Crippen molar-refractivity contribution in [2.24, 2.45) is 0 Å². The van der Waals surface area contributed by atoms with Crippen molar-refractivity contribution in [1.82, 2.24) is 0 Å². The van der Waals surface area contributed by atoms with Gasteiger partial charge in [-0.05, 0) is 14.7 Å². The van der Waals surface area contributed by atoms with E-state index in [1.54, 1.807) is 0 Å². The van der Waals surface area contributed by atoms with Crippen LogP contribution in [0.2, 0.25) is 13.1 Å². The van der Waals surface area contributed by atoms with Crippen LogP contribution < -0.4 is 0 Å². The molecule has 1 aliphatic rings. The number of alkyl halides is 2. The van der Waals surface area contributed by atoms with Crippen LogP contribution in [-0.4, -0.2) is 24.5 Å². The maximum atomic E-state index is 10.4. The van der Waals surface area contributed by atoms with E-state index in [1.807, 2.05) is 25.2 Å². The molecule has 0 fully saturated rings. The van der Waals surface area contributed by atoms with Crippen molar-refractivity contribution < 1.29 is 26.5 Å². The second-order valence-corrected chi connectivity index (χ2v) is 9.42. The molecule has 0 saturated heterocycles. The maximum absolute atomic E-state index is 10.4. The minimum atomic E-state index is -2.13. The predicted octanol–water partition coefficient (Wildman–Crippen LogP) is 2.80. The second kappa shape index (κ2) is 5.17. The fraction of sp³-hybridized carbons (Fsp3) is 0.625. The number of rotatable bonds is 3. The summed E-state index contributed by atoms with van der Waals surface area (Å²) in [5.41, 5.74) is 0. The summed E-state index contributed by atoms with van der Waals surface area (Å²) in [5.74, 6) is 0. The quantitative estimate of drug-likeness (QED) is 0.339. The van der Waals surface area contributed by atoms with Crippen LogP contribution in [0, 0.1) is 0 Å². The van der Waals surface area contributed by atoms with Gasteiger partial charge < -0.3 is 9.78 Å². The van der Waals surface area contributed by atoms with Crippen molar-refractivity contribution in [3.8, 4) is 0 Å². The van der Waals surface area contributed by atoms with Crippen LogP contribution in [0.15, 0.2) is 12.2 Å². The fourth-order valence-corrected chi connectivity index (χ4v) is 4.62. The zero-order valence-corrected chi connectivity index (χ0v) is 12.2. The SMILES string of the molecule is C[Si](C)([N-]C=O)C1(Cl)CC=CC1Cl.[Ti]. The zero-order chi connectivity index (χ0) is 10.1. The third kappa shape index (κ3) is 2.45. The third-order valence-corrected chi connectivity index (χ3v) is 8.44. The fourth-order valence-electron chi connectivity index (χ4n) is 1.45. The molecular formula is C8H12Cl2NOSiTi-. The summed E-state index contributed by atoms with van der Waals surface area (Å²) in [7, 11) is -2.13. The molecule has 0 spiro atoms. The monoisotopic (exact) mass is 284 g/mol. The smallest absolute Gasteiger partial charge is 0.0668 e. The first-order valence-corrected chi connectivity index (χ1v) is 7.85. The molecule has 1 aliphatic carbocycles. The van der Waals surface area contributed by atoms with Gasteiger partial charge in [0.25, 0.3) is 0 Å². The average molecular weight is 285 g/mol. The van der Waals surface area contributed by atoms with Crippen LogP contribution in [0.5, 0.6) is 0 Å². The number of carbonyl (C=O) groups is 1. The molecule has 2 atom stereocenters. The van der Waals surface area contributed by atoms with Gasteiger partial charge in [0.15, 0.2) is 0 Å². The first-order chi connectivity index (χ1) is 5.94. The second-order valence-electron chi connectivity index (χ2n) is 3.69. The van der Waals surface area contributed by atoms with Gasteiger partial charge in [0.05, 0.1) is 5.38 Å². The molecule has 0 radical (unpaired) electrons. The first-order valence-electron chi connectivity index (χ1n) is 4.09. The molecule has 14 heavy (non-hydrogen) atoms. The summed E-state index contributed by atoms with van der Waals surface area (Å²) in [6.45, 7) is 3.91. The van der Waals surface area contributed by atoms with Crippen molar-refractivity contribution in [3.63, 3.8) is 0 Å². The van der Waals surface area contributed by atoms with E-state index in [4.69, 9.17) is 23.2 Å². The van der Waals surface area contributed by atoms with E-state index >= 15 is 0 Å². The Hall–Kier alpha value is 0.721. The molecule has 0 bridgehead atoms. The van der Waals surface area contributed by atoms with Crippen LogP contribution in [-0.2, 0) is 26.5 Å². The van der Waals surface area contributed by atoms with E-state index < -0.39 is 12.7 Å². The van der Waals surface area contributed by atoms with E-state index in [2.05, 4.69) is 4.98 Å². The van der Waals surface area contributed by atoms with E-state index in [-0.39, 0.29) is 27.1 Å². The van der Waals surface area contributed by atoms with Crippen LogP contribution >= 0.6 is 23.2 Å². The molecule has 0 heterocycles. The average Bonchev–Trinajstić information content (AvgIpc) is 2.34. The molecule has 1 rings (SSSR count). The van der Waals surface area contributed by atoms with Gasteiger partial charge in [0, 0.05) is 32.6 Å². The summed E-state index contributed by atoms with van der Waals surface area (Å²) in [6, 6.07) is 0. The Bertz CT molecular complexity index is 249. The van der Waals surface area contributed by atoms with Crippen molar-refractivity contribution in [2.45, 2.75) is 29.4 Å². The van der Waals surface area contributed by atoms with Crippen molar-refractivity contribution in [2.75, 3.05) is 0 Å². The molecule has 6 heteroatoms. The van der Waals surface area contributed by atoms with Gasteiger partial charge in [-0.15, -0.1) is 23.2 Å². The molecule has 0 N–H and O–H groups in total. The number of nitrogens with zero attached hydrogens (tertiary/aromatic N) is 1. The standard InChI is InChI=1S/C8H13Cl2NOSi.Ti/c1-13(2,11-6-12)8(10)5-3-4-7(8)9;/h3-4,6-7H,5H2,1-2H3,(H,11,12);/p-1. The Morgan fingerprint density at radius 3 is 2.57 bits per heavy atom. The topological polar surface area (TPSA) is 31.2 Å². The van der Waals surface area contributed by atoms with Gasteiger partial charge in [-0.1, -0.05) is 25.2 Å². The summed E-state index contributed by atoms with van der Waals surface area (Å²) in [4.78, 5) is 14.3. The molecular weight excluding hydrogens is 273 g/mol. The van der Waals surface area contributed by atoms with Gasteiger partial charge in [-0.2, -0.15) is 0 Å². The van der Waals surface area contributed by atoms with Crippen LogP contribution in [0.25, 0.3) is 4.98 Å². The molecule has 0 saturated carbocycles. The number of halogens is 2. The van der Waals surface area contributed by atoms with Gasteiger partial charge >= 0.3 is 0 Å². The van der Waals surface area contributed by atoms with Gasteiger partial charge in [-0.25, -0.2) is 0 Å². The molecule has 1 amide bonds. The molecule has 2 unspecified atom stereocenters. The van der Waals surface area contributed by atoms with Crippen LogP contribution in [0.4, 0.5) is 0 Å². The van der Waals surface area contributed by atoms with Crippen molar-refractivity contribution in [1.29, 1.82) is 0 Å². The Morgan fingerprint density at radius 1 is 1.64 bits per heavy atom. The van der Waals surface area contributed by atoms with E-state index in [1.165, 1.54) is 0 Å². The van der Waals surface area contributed by atoms with E-state index in [9.17, 15) is 4.79 Å².